The number of nitrogens with one attached hydrogen (secondary N) is 2. The highest BCUT2D eigenvalue weighted by molar-refractivity contribution is 7.92. The molecule has 5 rings (SSSR count). The number of pyridine rings is 1. The summed E-state index contributed by atoms with van der Waals surface area (Å²) in [6.45, 7) is 4.95. The highest BCUT2D eigenvalue weighted by Crippen LogP contribution is 2.31. The van der Waals surface area contributed by atoms with E-state index in [9.17, 15) is 8.42 Å². The van der Waals surface area contributed by atoms with Crippen LogP contribution in [0.1, 0.15) is 50.2 Å². The molecule has 0 spiro atoms. The first-order chi connectivity index (χ1) is 18.3. The first kappa shape index (κ1) is 26.4. The number of hydrogen-bond donors (Lipinski definition) is 2. The molecule has 4 aromatic rings. The fraction of sp³-hybridized carbons (Fsp3) is 0.345. The number of rotatable bonds is 8. The van der Waals surface area contributed by atoms with Gasteiger partial charge in [0.2, 0.25) is 5.95 Å². The molecule has 2 aromatic heterocycles. The number of fused-ring (bicyclic) bond motifs is 1. The smallest absolute Gasteiger partial charge is 0.263 e. The Morgan fingerprint density at radius 2 is 1.82 bits per heavy atom. The van der Waals surface area contributed by atoms with Crippen LogP contribution in [0, 0.1) is 12.8 Å². The Labute approximate surface area is 229 Å². The molecule has 38 heavy (non-hydrogen) atoms. The standard InChI is InChI=1S/C29H32ClN5O2S/c1-3-21-14-22(15-23-17-33-29(34-28(21)23)32-16-20-9-5-4-6-10-20)27-19(2)13-24(18-31-27)35-38(36,37)26-12-8-7-11-25(26)30/h7-8,11-15,17-18,20,35H,3-6,9-10,16H2,1-2H3,(H,32,33,34). The molecule has 0 amide bonds. The molecular formula is C29H32ClN5O2S. The quantitative estimate of drug-likeness (QED) is 0.245. The molecule has 1 aliphatic carbocycles. The van der Waals surface area contributed by atoms with Crippen LogP contribution in [0.25, 0.3) is 22.2 Å². The van der Waals surface area contributed by atoms with Gasteiger partial charge >= 0.3 is 0 Å². The average Bonchev–Trinajstić information content (AvgIpc) is 2.92. The van der Waals surface area contributed by atoms with Crippen molar-refractivity contribution in [1.82, 2.24) is 15.0 Å². The Hall–Kier alpha value is -3.23. The third-order valence-corrected chi connectivity index (χ3v) is 9.03. The van der Waals surface area contributed by atoms with E-state index in [4.69, 9.17) is 16.6 Å². The maximum Gasteiger partial charge on any atom is 0.263 e. The number of nitrogens with zero attached hydrogens (tertiary/aromatic N) is 3. The van der Waals surface area contributed by atoms with Gasteiger partial charge in [0.05, 0.1) is 28.1 Å². The third-order valence-electron chi connectivity index (χ3n) is 7.15. The number of sulfonamides is 1. The summed E-state index contributed by atoms with van der Waals surface area (Å²) in [6.07, 6.45) is 10.7. The third kappa shape index (κ3) is 5.76. The van der Waals surface area contributed by atoms with E-state index in [-0.39, 0.29) is 9.92 Å². The lowest BCUT2D eigenvalue weighted by atomic mass is 9.89. The molecule has 0 bridgehead atoms. The van der Waals surface area contributed by atoms with Crippen molar-refractivity contribution in [3.63, 3.8) is 0 Å². The monoisotopic (exact) mass is 549 g/mol. The van der Waals surface area contributed by atoms with Crippen LogP contribution in [0.3, 0.4) is 0 Å². The van der Waals surface area contributed by atoms with Crippen molar-refractivity contribution in [1.29, 1.82) is 0 Å². The van der Waals surface area contributed by atoms with Crippen LogP contribution in [-0.4, -0.2) is 29.9 Å². The molecule has 0 unspecified atom stereocenters. The molecule has 2 heterocycles. The van der Waals surface area contributed by atoms with E-state index < -0.39 is 10.0 Å². The molecule has 2 N–H and O–H groups in total. The number of halogens is 1. The number of anilines is 2. The molecule has 7 nitrogen and oxygen atoms in total. The second-order valence-electron chi connectivity index (χ2n) is 9.93. The normalized spacial score (nSPS) is 14.5. The SMILES string of the molecule is CCc1cc(-c2ncc(NS(=O)(=O)c3ccccc3Cl)cc2C)cc2cnc(NCC3CCCCC3)nc12. The van der Waals surface area contributed by atoms with E-state index >= 15 is 0 Å². The summed E-state index contributed by atoms with van der Waals surface area (Å²) in [7, 11) is -3.84. The van der Waals surface area contributed by atoms with Crippen molar-refractivity contribution in [2.75, 3.05) is 16.6 Å². The molecule has 1 saturated carbocycles. The minimum atomic E-state index is -3.84. The Morgan fingerprint density at radius 3 is 2.55 bits per heavy atom. The van der Waals surface area contributed by atoms with Gasteiger partial charge in [-0.3, -0.25) is 9.71 Å². The van der Waals surface area contributed by atoms with Crippen molar-refractivity contribution < 1.29 is 8.42 Å². The number of hydrogen-bond acceptors (Lipinski definition) is 6. The fourth-order valence-electron chi connectivity index (χ4n) is 5.14. The first-order valence-corrected chi connectivity index (χ1v) is 15.0. The van der Waals surface area contributed by atoms with Crippen LogP contribution < -0.4 is 10.0 Å². The predicted molar refractivity (Wildman–Crippen MR) is 154 cm³/mol. The van der Waals surface area contributed by atoms with Crippen LogP contribution in [0.5, 0.6) is 0 Å². The zero-order valence-electron chi connectivity index (χ0n) is 21.7. The van der Waals surface area contributed by atoms with Crippen LogP contribution in [0.15, 0.2) is 59.8 Å². The lowest BCUT2D eigenvalue weighted by Crippen LogP contribution is -2.18. The largest absolute Gasteiger partial charge is 0.354 e. The van der Waals surface area contributed by atoms with Crippen molar-refractivity contribution in [2.24, 2.45) is 5.92 Å². The zero-order chi connectivity index (χ0) is 26.7. The second-order valence-corrected chi connectivity index (χ2v) is 12.0. The summed E-state index contributed by atoms with van der Waals surface area (Å²) in [4.78, 5) is 14.1. The van der Waals surface area contributed by atoms with Crippen molar-refractivity contribution in [2.45, 2.75) is 57.3 Å². The van der Waals surface area contributed by atoms with Crippen LogP contribution >= 0.6 is 11.6 Å². The van der Waals surface area contributed by atoms with Crippen LogP contribution in [-0.2, 0) is 16.4 Å². The summed E-state index contributed by atoms with van der Waals surface area (Å²) in [6, 6.07) is 12.3. The maximum atomic E-state index is 12.8. The van der Waals surface area contributed by atoms with E-state index in [1.165, 1.54) is 44.4 Å². The molecule has 0 aliphatic heterocycles. The highest BCUT2D eigenvalue weighted by Gasteiger charge is 2.19. The summed E-state index contributed by atoms with van der Waals surface area (Å²) >= 11 is 6.10. The average molecular weight is 550 g/mol. The zero-order valence-corrected chi connectivity index (χ0v) is 23.2. The molecule has 1 aliphatic rings. The van der Waals surface area contributed by atoms with Crippen molar-refractivity contribution >= 4 is 44.2 Å². The summed E-state index contributed by atoms with van der Waals surface area (Å²) in [5, 5.41) is 4.57. The molecular weight excluding hydrogens is 518 g/mol. The van der Waals surface area contributed by atoms with E-state index in [1.807, 2.05) is 19.2 Å². The Balaban J connectivity index is 1.39. The van der Waals surface area contributed by atoms with E-state index in [0.29, 0.717) is 17.6 Å². The Kier molecular flexibility index (Phi) is 7.81. The van der Waals surface area contributed by atoms with Crippen molar-refractivity contribution in [3.05, 3.63) is 71.0 Å². The van der Waals surface area contributed by atoms with Gasteiger partial charge in [0.15, 0.2) is 0 Å². The Bertz CT molecular complexity index is 1570. The minimum absolute atomic E-state index is 0.0260. The van der Waals surface area contributed by atoms with Gasteiger partial charge in [-0.1, -0.05) is 49.9 Å². The van der Waals surface area contributed by atoms with Gasteiger partial charge in [-0.2, -0.15) is 0 Å². The predicted octanol–water partition coefficient (Wildman–Crippen LogP) is 7.01. The van der Waals surface area contributed by atoms with Gasteiger partial charge in [-0.05, 0) is 73.6 Å². The molecule has 0 saturated heterocycles. The number of aryl methyl sites for hydroxylation is 2. The van der Waals surface area contributed by atoms with Gasteiger partial charge in [0.25, 0.3) is 10.0 Å². The van der Waals surface area contributed by atoms with Gasteiger partial charge in [0.1, 0.15) is 4.90 Å². The molecule has 198 valence electrons. The van der Waals surface area contributed by atoms with E-state index in [0.717, 1.165) is 46.3 Å². The van der Waals surface area contributed by atoms with Gasteiger partial charge < -0.3 is 5.32 Å². The van der Waals surface area contributed by atoms with Gasteiger partial charge in [-0.25, -0.2) is 18.4 Å². The first-order valence-electron chi connectivity index (χ1n) is 13.1. The summed E-state index contributed by atoms with van der Waals surface area (Å²) in [5.41, 5.74) is 5.00. The molecule has 9 heteroatoms. The second kappa shape index (κ2) is 11.3. The van der Waals surface area contributed by atoms with Gasteiger partial charge in [0, 0.05) is 23.7 Å². The molecule has 1 fully saturated rings. The highest BCUT2D eigenvalue weighted by atomic mass is 35.5. The molecule has 0 radical (unpaired) electrons. The number of aromatic nitrogens is 3. The van der Waals surface area contributed by atoms with Crippen LogP contribution in [0.4, 0.5) is 11.6 Å². The van der Waals surface area contributed by atoms with Gasteiger partial charge in [-0.15, -0.1) is 0 Å². The number of benzene rings is 2. The maximum absolute atomic E-state index is 12.8. The topological polar surface area (TPSA) is 96.9 Å². The fourth-order valence-corrected chi connectivity index (χ4v) is 6.70. The summed E-state index contributed by atoms with van der Waals surface area (Å²) in [5.74, 6) is 1.37. The molecule has 2 aromatic carbocycles. The van der Waals surface area contributed by atoms with E-state index in [2.05, 4.69) is 33.0 Å². The van der Waals surface area contributed by atoms with E-state index in [1.54, 1.807) is 24.3 Å². The van der Waals surface area contributed by atoms with Crippen LogP contribution in [0.2, 0.25) is 5.02 Å². The molecule has 0 atom stereocenters. The Morgan fingerprint density at radius 1 is 1.03 bits per heavy atom. The minimum Gasteiger partial charge on any atom is -0.354 e. The lowest BCUT2D eigenvalue weighted by Gasteiger charge is -2.21. The van der Waals surface area contributed by atoms with Crippen molar-refractivity contribution in [3.8, 4) is 11.3 Å². The summed E-state index contributed by atoms with van der Waals surface area (Å²) < 4.78 is 28.3. The lowest BCUT2D eigenvalue weighted by molar-refractivity contribution is 0.373.